The van der Waals surface area contributed by atoms with Crippen molar-refractivity contribution >= 4 is 23.4 Å². The molecule has 1 heterocycles. The molecule has 0 aliphatic carbocycles. The number of hydrogen-bond acceptors (Lipinski definition) is 2. The molecule has 1 aliphatic rings. The van der Waals surface area contributed by atoms with Crippen LogP contribution in [0.25, 0.3) is 0 Å². The van der Waals surface area contributed by atoms with Gasteiger partial charge in [0.05, 0.1) is 0 Å². The Balaban J connectivity index is 1.81. The van der Waals surface area contributed by atoms with E-state index >= 15 is 0 Å². The second kappa shape index (κ2) is 6.21. The fourth-order valence-corrected chi connectivity index (χ4v) is 4.15. The van der Waals surface area contributed by atoms with E-state index in [1.807, 2.05) is 30.0 Å². The third kappa shape index (κ3) is 2.88. The molecule has 0 amide bonds. The molecule has 0 aromatic heterocycles. The van der Waals surface area contributed by atoms with Gasteiger partial charge >= 0.3 is 0 Å². The van der Waals surface area contributed by atoms with Gasteiger partial charge in [-0.3, -0.25) is 0 Å². The summed E-state index contributed by atoms with van der Waals surface area (Å²) < 4.78 is 0. The predicted octanol–water partition coefficient (Wildman–Crippen LogP) is 4.98. The summed E-state index contributed by atoms with van der Waals surface area (Å²) >= 11 is 8.28. The summed E-state index contributed by atoms with van der Waals surface area (Å²) in [6, 6.07) is 17.5. The van der Waals surface area contributed by atoms with Crippen LogP contribution in [0.5, 0.6) is 0 Å². The molecule has 2 atom stereocenters. The predicted molar refractivity (Wildman–Crippen MR) is 88.3 cm³/mol. The highest BCUT2D eigenvalue weighted by Crippen LogP contribution is 2.33. The number of fused-ring (bicyclic) bond motifs is 1. The average Bonchev–Trinajstić information content (AvgIpc) is 2.48. The van der Waals surface area contributed by atoms with Crippen molar-refractivity contribution in [1.82, 2.24) is 5.32 Å². The van der Waals surface area contributed by atoms with E-state index in [2.05, 4.69) is 42.6 Å². The Morgan fingerprint density at radius 3 is 2.75 bits per heavy atom. The van der Waals surface area contributed by atoms with E-state index in [9.17, 15) is 0 Å². The molecule has 1 nitrogen and oxygen atoms in total. The monoisotopic (exact) mass is 303 g/mol. The topological polar surface area (TPSA) is 12.0 Å². The molecular formula is C17H18ClNS. The van der Waals surface area contributed by atoms with Gasteiger partial charge in [-0.15, -0.1) is 0 Å². The van der Waals surface area contributed by atoms with Crippen LogP contribution in [0.3, 0.4) is 0 Å². The van der Waals surface area contributed by atoms with Crippen molar-refractivity contribution in [2.75, 3.05) is 5.75 Å². The zero-order valence-corrected chi connectivity index (χ0v) is 13.0. The van der Waals surface area contributed by atoms with Crippen LogP contribution in [0, 0.1) is 0 Å². The van der Waals surface area contributed by atoms with Crippen LogP contribution in [0.2, 0.25) is 5.02 Å². The smallest absolute Gasteiger partial charge is 0.0453 e. The highest BCUT2D eigenvalue weighted by Gasteiger charge is 2.22. The van der Waals surface area contributed by atoms with Gasteiger partial charge in [-0.25, -0.2) is 0 Å². The lowest BCUT2D eigenvalue weighted by molar-refractivity contribution is 0.496. The van der Waals surface area contributed by atoms with Crippen molar-refractivity contribution in [1.29, 1.82) is 0 Å². The summed E-state index contributed by atoms with van der Waals surface area (Å²) in [7, 11) is 0. The first-order chi connectivity index (χ1) is 9.75. The van der Waals surface area contributed by atoms with Crippen molar-refractivity contribution in [3.63, 3.8) is 0 Å². The molecule has 3 rings (SSSR count). The van der Waals surface area contributed by atoms with Crippen molar-refractivity contribution in [2.45, 2.75) is 24.8 Å². The van der Waals surface area contributed by atoms with Crippen LogP contribution in [0.15, 0.2) is 48.5 Å². The second-order valence-corrected chi connectivity index (χ2v) is 6.61. The minimum atomic E-state index is 0.250. The summed E-state index contributed by atoms with van der Waals surface area (Å²) in [5.74, 6) is 2.24. The van der Waals surface area contributed by atoms with E-state index in [0.29, 0.717) is 6.04 Å². The first-order valence-corrected chi connectivity index (χ1v) is 8.45. The van der Waals surface area contributed by atoms with Gasteiger partial charge in [0.2, 0.25) is 0 Å². The van der Waals surface area contributed by atoms with E-state index in [4.69, 9.17) is 11.6 Å². The lowest BCUT2D eigenvalue weighted by Gasteiger charge is -2.29. The van der Waals surface area contributed by atoms with Crippen LogP contribution in [0.4, 0.5) is 0 Å². The third-order valence-electron chi connectivity index (χ3n) is 3.80. The minimum Gasteiger partial charge on any atom is -0.303 e. The maximum Gasteiger partial charge on any atom is 0.0453 e. The molecule has 0 bridgehead atoms. The fraction of sp³-hybridized carbons (Fsp3) is 0.294. The average molecular weight is 304 g/mol. The summed E-state index contributed by atoms with van der Waals surface area (Å²) in [6.45, 7) is 2.18. The maximum atomic E-state index is 6.29. The van der Waals surface area contributed by atoms with Gasteiger partial charge in [0, 0.05) is 28.6 Å². The molecule has 0 radical (unpaired) electrons. The number of hydrogen-bond donors (Lipinski definition) is 1. The molecule has 104 valence electrons. The molecule has 2 aromatic rings. The molecule has 3 heteroatoms. The van der Waals surface area contributed by atoms with E-state index in [1.54, 1.807) is 0 Å². The van der Waals surface area contributed by atoms with Crippen LogP contribution in [-0.2, 0) is 5.75 Å². The van der Waals surface area contributed by atoms with E-state index in [-0.39, 0.29) is 6.04 Å². The summed E-state index contributed by atoms with van der Waals surface area (Å²) in [5.41, 5.74) is 4.06. The van der Waals surface area contributed by atoms with Crippen molar-refractivity contribution in [3.8, 4) is 0 Å². The van der Waals surface area contributed by atoms with Gasteiger partial charge in [-0.1, -0.05) is 54.1 Å². The fourth-order valence-electron chi connectivity index (χ4n) is 2.74. The van der Waals surface area contributed by atoms with E-state index < -0.39 is 0 Å². The maximum absolute atomic E-state index is 6.29. The summed E-state index contributed by atoms with van der Waals surface area (Å²) in [6.07, 6.45) is 0. The van der Waals surface area contributed by atoms with Crippen LogP contribution in [0.1, 0.15) is 35.7 Å². The quantitative estimate of drug-likeness (QED) is 0.858. The van der Waals surface area contributed by atoms with Gasteiger partial charge in [0.25, 0.3) is 0 Å². The number of rotatable bonds is 3. The van der Waals surface area contributed by atoms with Gasteiger partial charge in [0.15, 0.2) is 0 Å². The number of benzene rings is 2. The molecule has 1 aliphatic heterocycles. The lowest BCUT2D eigenvalue weighted by Crippen LogP contribution is -2.29. The molecule has 1 N–H and O–H groups in total. The normalized spacial score (nSPS) is 19.4. The van der Waals surface area contributed by atoms with Gasteiger partial charge < -0.3 is 5.32 Å². The van der Waals surface area contributed by atoms with E-state index in [0.717, 1.165) is 16.5 Å². The van der Waals surface area contributed by atoms with Gasteiger partial charge in [-0.2, -0.15) is 11.8 Å². The molecule has 1 unspecified atom stereocenters. The lowest BCUT2D eigenvalue weighted by atomic mass is 10.00. The Morgan fingerprint density at radius 2 is 1.90 bits per heavy atom. The molecule has 0 spiro atoms. The zero-order valence-electron chi connectivity index (χ0n) is 11.5. The molecule has 2 aromatic carbocycles. The minimum absolute atomic E-state index is 0.250. The van der Waals surface area contributed by atoms with Crippen LogP contribution in [-0.4, -0.2) is 5.75 Å². The summed E-state index contributed by atoms with van der Waals surface area (Å²) in [4.78, 5) is 0. The zero-order chi connectivity index (χ0) is 13.9. The first-order valence-electron chi connectivity index (χ1n) is 6.91. The number of nitrogens with one attached hydrogen (secondary N) is 1. The van der Waals surface area contributed by atoms with Crippen molar-refractivity contribution < 1.29 is 0 Å². The largest absolute Gasteiger partial charge is 0.303 e. The second-order valence-electron chi connectivity index (χ2n) is 5.18. The molecule has 0 fully saturated rings. The van der Waals surface area contributed by atoms with E-state index in [1.165, 1.54) is 16.7 Å². The van der Waals surface area contributed by atoms with Gasteiger partial charge in [-0.05, 0) is 29.7 Å². The Bertz CT molecular complexity index is 599. The van der Waals surface area contributed by atoms with Crippen LogP contribution < -0.4 is 5.32 Å². The molecular weight excluding hydrogens is 286 g/mol. The number of thioether (sulfide) groups is 1. The van der Waals surface area contributed by atoms with Crippen molar-refractivity contribution in [2.24, 2.45) is 0 Å². The standard InChI is InChI=1S/C17H18ClNS/c1-12(14-7-4-5-9-16(14)18)19-17-11-20-10-13-6-2-3-8-15(13)17/h2-9,12,17,19H,10-11H2,1H3/t12-,17?/m1/s1. The summed E-state index contributed by atoms with van der Waals surface area (Å²) in [5, 5.41) is 4.56. The highest BCUT2D eigenvalue weighted by atomic mass is 35.5. The van der Waals surface area contributed by atoms with Crippen molar-refractivity contribution in [3.05, 3.63) is 70.2 Å². The Morgan fingerprint density at radius 1 is 1.15 bits per heavy atom. The Labute approximate surface area is 129 Å². The molecule has 0 saturated carbocycles. The first kappa shape index (κ1) is 14.0. The number of halogens is 1. The Kier molecular flexibility index (Phi) is 4.35. The SMILES string of the molecule is C[C@@H](NC1CSCc2ccccc21)c1ccccc1Cl. The highest BCUT2D eigenvalue weighted by molar-refractivity contribution is 7.98. The van der Waals surface area contributed by atoms with Gasteiger partial charge in [0.1, 0.15) is 0 Å². The third-order valence-corrected chi connectivity index (χ3v) is 5.22. The molecule has 0 saturated heterocycles. The molecule has 20 heavy (non-hydrogen) atoms. The Hall–Kier alpha value is -0.960. The van der Waals surface area contributed by atoms with Crippen LogP contribution >= 0.6 is 23.4 Å².